The van der Waals surface area contributed by atoms with Gasteiger partial charge in [0, 0.05) is 22.8 Å². The minimum Gasteiger partial charge on any atom is -0.744 e. The van der Waals surface area contributed by atoms with Gasteiger partial charge in [0.15, 0.2) is 0 Å². The van der Waals surface area contributed by atoms with Crippen LogP contribution in [0.25, 0.3) is 11.0 Å². The number of benzene rings is 2. The molecule has 2 N–H and O–H groups in total. The van der Waals surface area contributed by atoms with Crippen LogP contribution in [-0.4, -0.2) is 46.4 Å². The monoisotopic (exact) mass is 461 g/mol. The van der Waals surface area contributed by atoms with Gasteiger partial charge in [-0.25, -0.2) is 8.42 Å². The van der Waals surface area contributed by atoms with Crippen molar-refractivity contribution in [1.82, 2.24) is 0 Å². The fourth-order valence-corrected chi connectivity index (χ4v) is 3.88. The second-order valence-corrected chi connectivity index (χ2v) is 7.88. The molecule has 0 bridgehead atoms. The summed E-state index contributed by atoms with van der Waals surface area (Å²) in [6.07, 6.45) is 3.68. The summed E-state index contributed by atoms with van der Waals surface area (Å²) >= 11 is 0. The third-order valence-corrected chi connectivity index (χ3v) is 5.51. The third kappa shape index (κ3) is 4.40. The van der Waals surface area contributed by atoms with Gasteiger partial charge in [-0.2, -0.15) is 0 Å². The van der Waals surface area contributed by atoms with Crippen molar-refractivity contribution in [2.75, 3.05) is 5.23 Å². The van der Waals surface area contributed by atoms with Gasteiger partial charge >= 0.3 is 29.6 Å². The summed E-state index contributed by atoms with van der Waals surface area (Å²) in [7, 11) is -5.06. The zero-order valence-electron chi connectivity index (χ0n) is 16.5. The van der Waals surface area contributed by atoms with Crippen molar-refractivity contribution in [2.45, 2.75) is 0 Å². The van der Waals surface area contributed by atoms with Crippen LogP contribution in [0.15, 0.2) is 64.8 Å². The Morgan fingerprint density at radius 3 is 2.31 bits per heavy atom. The van der Waals surface area contributed by atoms with Crippen molar-refractivity contribution in [3.63, 3.8) is 0 Å². The number of hydrogen-bond acceptors (Lipinski definition) is 10. The summed E-state index contributed by atoms with van der Waals surface area (Å²) in [6, 6.07) is 10.2. The van der Waals surface area contributed by atoms with Crippen LogP contribution in [-0.2, 0) is 14.9 Å². The molecule has 0 atom stereocenters. The molecule has 0 heterocycles. The van der Waals surface area contributed by atoms with Gasteiger partial charge < -0.3 is 4.55 Å². The van der Waals surface area contributed by atoms with Gasteiger partial charge in [0.05, 0.1) is 10.6 Å². The van der Waals surface area contributed by atoms with Gasteiger partial charge in [0.2, 0.25) is 11.6 Å². The van der Waals surface area contributed by atoms with Crippen LogP contribution in [0.1, 0.15) is 27.0 Å². The molecule has 0 saturated carbocycles. The standard InChI is InChI=1S/C20H13N3O7S.Na/c24-17-10-18(31(28,29)30)15-9-12(23(26)27)6-7-14(15)19(17)22-21-16-8-5-11-3-1-2-4-13(11)20(16)25;/h1-10,26-27H,(H,28,29,30);/q;+1/p-1/b21-16+,22-19-;. The van der Waals surface area contributed by atoms with E-state index in [1.165, 1.54) is 12.1 Å². The second-order valence-electron chi connectivity index (χ2n) is 6.53. The Morgan fingerprint density at radius 2 is 1.62 bits per heavy atom. The first-order chi connectivity index (χ1) is 14.7. The van der Waals surface area contributed by atoms with E-state index in [9.17, 15) is 33.0 Å². The Labute approximate surface area is 203 Å². The Balaban J connectivity index is 0.00000289. The number of carbonyl (C=O) groups excluding carboxylic acids is 2. The molecule has 12 heteroatoms. The zero-order valence-corrected chi connectivity index (χ0v) is 19.3. The Kier molecular flexibility index (Phi) is 6.72. The number of Topliss-reactive ketones (excluding diaryl/α,β-unsaturated/α-hetero) is 1. The maximum absolute atomic E-state index is 12.6. The van der Waals surface area contributed by atoms with Crippen LogP contribution in [0.3, 0.4) is 0 Å². The van der Waals surface area contributed by atoms with Crippen LogP contribution in [0, 0.1) is 0 Å². The molecular weight excluding hydrogens is 449 g/mol. The minimum atomic E-state index is -5.06. The number of carbonyl (C=O) groups is 2. The summed E-state index contributed by atoms with van der Waals surface area (Å²) in [4.78, 5) is 24.2. The first-order valence-corrected chi connectivity index (χ1v) is 10.1. The van der Waals surface area contributed by atoms with E-state index in [4.69, 9.17) is 0 Å². The number of ketones is 2. The third-order valence-electron chi connectivity index (χ3n) is 4.64. The number of nitrogens with zero attached hydrogens (tertiary/aromatic N) is 3. The van der Waals surface area contributed by atoms with Gasteiger partial charge in [-0.05, 0) is 29.8 Å². The number of anilines is 1. The van der Waals surface area contributed by atoms with Gasteiger partial charge in [-0.3, -0.25) is 20.0 Å². The van der Waals surface area contributed by atoms with E-state index < -0.39 is 26.6 Å². The molecule has 4 rings (SSSR count). The van der Waals surface area contributed by atoms with Crippen LogP contribution in [0.2, 0.25) is 0 Å². The molecule has 2 aliphatic carbocycles. The topological polar surface area (TPSA) is 160 Å². The molecule has 0 unspecified atom stereocenters. The fraction of sp³-hybridized carbons (Fsp3) is 0. The van der Waals surface area contributed by atoms with Gasteiger partial charge in [0.1, 0.15) is 21.5 Å². The number of fused-ring (bicyclic) bond motifs is 2. The van der Waals surface area contributed by atoms with Crippen molar-refractivity contribution in [3.05, 3.63) is 76.9 Å². The predicted molar refractivity (Wildman–Crippen MR) is 109 cm³/mol. The molecule has 0 saturated heterocycles. The summed E-state index contributed by atoms with van der Waals surface area (Å²) in [5.74, 6) is -1.31. The average molecular weight is 461 g/mol. The van der Waals surface area contributed by atoms with Crippen molar-refractivity contribution < 1.29 is 62.5 Å². The second kappa shape index (κ2) is 9.00. The van der Waals surface area contributed by atoms with Gasteiger partial charge in [0.25, 0.3) is 0 Å². The van der Waals surface area contributed by atoms with E-state index in [1.54, 1.807) is 30.3 Å². The van der Waals surface area contributed by atoms with E-state index in [1.807, 2.05) is 0 Å². The number of hydrogen-bond donors (Lipinski definition) is 2. The molecule has 2 aromatic rings. The van der Waals surface area contributed by atoms with Crippen molar-refractivity contribution >= 4 is 49.8 Å². The Hall–Kier alpha value is -2.77. The van der Waals surface area contributed by atoms with Crippen LogP contribution in [0.5, 0.6) is 0 Å². The SMILES string of the molecule is O=C1C=C(S(=O)(=O)[O-])c2cc(N(O)O)ccc2/C1=N/N=C1\C=Cc2ccccc2C1=O.[Na+]. The molecule has 0 fully saturated rings. The van der Waals surface area contributed by atoms with E-state index in [2.05, 4.69) is 10.2 Å². The molecule has 2 aromatic carbocycles. The van der Waals surface area contributed by atoms with E-state index in [0.29, 0.717) is 17.2 Å². The molecule has 0 amide bonds. The predicted octanol–water partition coefficient (Wildman–Crippen LogP) is -1.20. The van der Waals surface area contributed by atoms with E-state index >= 15 is 0 Å². The normalized spacial score (nSPS) is 17.5. The minimum absolute atomic E-state index is 0. The summed E-state index contributed by atoms with van der Waals surface area (Å²) < 4.78 is 34.8. The summed E-state index contributed by atoms with van der Waals surface area (Å²) in [5.41, 5.74) is 0.185. The summed E-state index contributed by atoms with van der Waals surface area (Å²) in [6.45, 7) is 0. The Morgan fingerprint density at radius 1 is 0.906 bits per heavy atom. The average Bonchev–Trinajstić information content (AvgIpc) is 2.73. The van der Waals surface area contributed by atoms with Gasteiger partial charge in [-0.15, -0.1) is 15.4 Å². The molecule has 32 heavy (non-hydrogen) atoms. The molecule has 10 nitrogen and oxygen atoms in total. The smallest absolute Gasteiger partial charge is 0.744 e. The fourth-order valence-electron chi connectivity index (χ4n) is 3.19. The molecule has 156 valence electrons. The largest absolute Gasteiger partial charge is 1.00 e. The van der Waals surface area contributed by atoms with Crippen molar-refractivity contribution in [2.24, 2.45) is 10.2 Å². The van der Waals surface area contributed by atoms with Crippen molar-refractivity contribution in [3.8, 4) is 0 Å². The van der Waals surface area contributed by atoms with Gasteiger partial charge in [-0.1, -0.05) is 30.3 Å². The molecule has 0 spiro atoms. The quantitative estimate of drug-likeness (QED) is 0.327. The molecule has 0 radical (unpaired) electrons. The van der Waals surface area contributed by atoms with Crippen LogP contribution < -0.4 is 34.8 Å². The van der Waals surface area contributed by atoms with Crippen LogP contribution >= 0.6 is 0 Å². The Bertz CT molecular complexity index is 1380. The first kappa shape index (κ1) is 23.9. The van der Waals surface area contributed by atoms with Crippen LogP contribution in [0.4, 0.5) is 5.69 Å². The van der Waals surface area contributed by atoms with Crippen molar-refractivity contribution in [1.29, 1.82) is 0 Å². The van der Waals surface area contributed by atoms with E-state index in [0.717, 1.165) is 12.1 Å². The molecule has 0 aromatic heterocycles. The maximum atomic E-state index is 12.6. The summed E-state index contributed by atoms with van der Waals surface area (Å²) in [5, 5.41) is 25.8. The zero-order chi connectivity index (χ0) is 22.3. The molecular formula is C20H12N3NaO7S. The first-order valence-electron chi connectivity index (χ1n) is 8.69. The molecule has 0 aliphatic heterocycles. The van der Waals surface area contributed by atoms with E-state index in [-0.39, 0.29) is 63.0 Å². The number of rotatable bonds is 3. The molecule has 2 aliphatic rings. The maximum Gasteiger partial charge on any atom is 1.00 e. The number of allylic oxidation sites excluding steroid dienone is 2.